The molecular weight excluding hydrogens is 388 g/mol. The maximum absolute atomic E-state index is 14.8. The summed E-state index contributed by atoms with van der Waals surface area (Å²) in [6.45, 7) is 3.34. The van der Waals surface area contributed by atoms with E-state index < -0.39 is 23.3 Å². The molecule has 0 bridgehead atoms. The summed E-state index contributed by atoms with van der Waals surface area (Å²) in [6, 6.07) is 8.72. The third-order valence-corrected chi connectivity index (χ3v) is 6.06. The maximum atomic E-state index is 14.8. The molecular formula is C22H25F2N5O. The molecule has 0 spiro atoms. The molecule has 8 heteroatoms. The molecule has 3 atom stereocenters. The minimum Gasteiger partial charge on any atom is -0.381 e. The summed E-state index contributed by atoms with van der Waals surface area (Å²) in [7, 11) is 0. The fraction of sp³-hybridized carbons (Fsp3) is 0.409. The zero-order valence-electron chi connectivity index (χ0n) is 16.8. The van der Waals surface area contributed by atoms with Gasteiger partial charge in [-0.15, -0.1) is 0 Å². The number of nitrogens with zero attached hydrogens (tertiary/aromatic N) is 5. The molecule has 3 heterocycles. The number of hydrogen-bond donors (Lipinski definition) is 1. The van der Waals surface area contributed by atoms with E-state index in [1.165, 1.54) is 29.5 Å². The fourth-order valence-electron chi connectivity index (χ4n) is 4.36. The summed E-state index contributed by atoms with van der Waals surface area (Å²) in [4.78, 5) is 10.6. The highest BCUT2D eigenvalue weighted by Crippen LogP contribution is 2.36. The second-order valence-corrected chi connectivity index (χ2v) is 7.91. The van der Waals surface area contributed by atoms with Gasteiger partial charge in [0, 0.05) is 42.0 Å². The molecule has 1 N–H and O–H groups in total. The minimum absolute atomic E-state index is 0.00146. The first-order valence-corrected chi connectivity index (χ1v) is 10.1. The molecule has 3 aromatic rings. The smallest absolute Gasteiger partial charge is 0.137 e. The molecule has 2 aromatic heterocycles. The van der Waals surface area contributed by atoms with Gasteiger partial charge in [0.05, 0.1) is 6.54 Å². The van der Waals surface area contributed by atoms with Crippen molar-refractivity contribution in [1.82, 2.24) is 24.6 Å². The highest BCUT2D eigenvalue weighted by molar-refractivity contribution is 5.27. The van der Waals surface area contributed by atoms with Crippen LogP contribution in [0.4, 0.5) is 8.78 Å². The van der Waals surface area contributed by atoms with Gasteiger partial charge in [0.1, 0.15) is 29.9 Å². The Morgan fingerprint density at radius 2 is 2.13 bits per heavy atom. The third kappa shape index (κ3) is 4.11. The van der Waals surface area contributed by atoms with Crippen LogP contribution in [0.5, 0.6) is 0 Å². The van der Waals surface area contributed by atoms with Crippen LogP contribution in [-0.2, 0) is 12.1 Å². The number of piperidine rings is 1. The van der Waals surface area contributed by atoms with E-state index in [-0.39, 0.29) is 18.0 Å². The Balaban J connectivity index is 1.66. The summed E-state index contributed by atoms with van der Waals surface area (Å²) in [5, 5.41) is 15.9. The van der Waals surface area contributed by atoms with Gasteiger partial charge in [0.2, 0.25) is 0 Å². The Bertz CT molecular complexity index is 969. The molecule has 1 fully saturated rings. The molecule has 0 radical (unpaired) electrons. The maximum Gasteiger partial charge on any atom is 0.137 e. The Hall–Kier alpha value is -2.71. The normalized spacial score (nSPS) is 20.6. The lowest BCUT2D eigenvalue weighted by Crippen LogP contribution is -2.54. The van der Waals surface area contributed by atoms with Crippen LogP contribution in [0.3, 0.4) is 0 Å². The number of aromatic nitrogens is 4. The van der Waals surface area contributed by atoms with Gasteiger partial charge in [0.25, 0.3) is 0 Å². The number of aliphatic hydroxyl groups is 1. The van der Waals surface area contributed by atoms with Crippen LogP contribution in [0.25, 0.3) is 0 Å². The van der Waals surface area contributed by atoms with E-state index in [1.807, 2.05) is 25.1 Å². The van der Waals surface area contributed by atoms with Gasteiger partial charge in [-0.2, -0.15) is 5.10 Å². The predicted molar refractivity (Wildman–Crippen MR) is 108 cm³/mol. The topological polar surface area (TPSA) is 67.1 Å². The van der Waals surface area contributed by atoms with Crippen LogP contribution in [-0.4, -0.2) is 48.9 Å². The van der Waals surface area contributed by atoms with E-state index in [0.717, 1.165) is 31.1 Å². The zero-order valence-corrected chi connectivity index (χ0v) is 16.8. The molecule has 1 aliphatic heterocycles. The summed E-state index contributed by atoms with van der Waals surface area (Å²) < 4.78 is 29.8. The molecule has 30 heavy (non-hydrogen) atoms. The van der Waals surface area contributed by atoms with Crippen molar-refractivity contribution in [2.75, 3.05) is 13.1 Å². The first-order chi connectivity index (χ1) is 14.5. The van der Waals surface area contributed by atoms with Crippen LogP contribution < -0.4 is 0 Å². The predicted octanol–water partition coefficient (Wildman–Crippen LogP) is 3.11. The minimum atomic E-state index is -1.63. The Morgan fingerprint density at radius 3 is 2.83 bits per heavy atom. The second-order valence-electron chi connectivity index (χ2n) is 7.91. The number of benzene rings is 1. The second kappa shape index (κ2) is 8.57. The average molecular weight is 413 g/mol. The van der Waals surface area contributed by atoms with E-state index in [1.54, 1.807) is 6.20 Å². The van der Waals surface area contributed by atoms with Crippen molar-refractivity contribution >= 4 is 0 Å². The number of rotatable bonds is 6. The molecule has 0 aliphatic carbocycles. The number of hydrogen-bond acceptors (Lipinski definition) is 5. The average Bonchev–Trinajstić information content (AvgIpc) is 3.26. The van der Waals surface area contributed by atoms with Crippen molar-refractivity contribution in [3.05, 3.63) is 78.1 Å². The molecule has 6 nitrogen and oxygen atoms in total. The zero-order chi connectivity index (χ0) is 21.1. The molecule has 1 aromatic carbocycles. The van der Waals surface area contributed by atoms with Gasteiger partial charge in [0.15, 0.2) is 0 Å². The van der Waals surface area contributed by atoms with Crippen LogP contribution in [0.15, 0.2) is 55.2 Å². The van der Waals surface area contributed by atoms with E-state index >= 15 is 0 Å². The van der Waals surface area contributed by atoms with E-state index in [4.69, 9.17) is 0 Å². The van der Waals surface area contributed by atoms with E-state index in [0.29, 0.717) is 6.54 Å². The Labute approximate surface area is 174 Å². The van der Waals surface area contributed by atoms with Crippen molar-refractivity contribution in [3.63, 3.8) is 0 Å². The van der Waals surface area contributed by atoms with Crippen LogP contribution in [0.2, 0.25) is 0 Å². The largest absolute Gasteiger partial charge is 0.381 e. The van der Waals surface area contributed by atoms with Crippen molar-refractivity contribution in [1.29, 1.82) is 0 Å². The lowest BCUT2D eigenvalue weighted by Gasteiger charge is -2.44. The number of pyridine rings is 1. The van der Waals surface area contributed by atoms with Gasteiger partial charge in [-0.1, -0.05) is 12.1 Å². The first-order valence-electron chi connectivity index (χ1n) is 10.1. The number of halogens is 2. The summed E-state index contributed by atoms with van der Waals surface area (Å²) in [6.07, 6.45) is 6.58. The monoisotopic (exact) mass is 413 g/mol. The first kappa shape index (κ1) is 20.6. The molecule has 158 valence electrons. The van der Waals surface area contributed by atoms with Crippen molar-refractivity contribution in [2.45, 2.75) is 43.9 Å². The Morgan fingerprint density at radius 1 is 1.27 bits per heavy atom. The lowest BCUT2D eigenvalue weighted by atomic mass is 9.83. The van der Waals surface area contributed by atoms with E-state index in [9.17, 15) is 13.9 Å². The summed E-state index contributed by atoms with van der Waals surface area (Å²) in [5.74, 6) is -1.22. The lowest BCUT2D eigenvalue weighted by molar-refractivity contribution is -0.0700. The quantitative estimate of drug-likeness (QED) is 0.673. The van der Waals surface area contributed by atoms with Gasteiger partial charge in [-0.05, 0) is 44.5 Å². The SMILES string of the molecule is C[C@@H](N1CCCC(c2ccccn2)C1)[C@](O)(Cn1cncn1)c1ccc(F)cc1F. The van der Waals surface area contributed by atoms with Crippen LogP contribution >= 0.6 is 0 Å². The van der Waals surface area contributed by atoms with Crippen molar-refractivity contribution in [2.24, 2.45) is 0 Å². The van der Waals surface area contributed by atoms with Gasteiger partial charge in [-0.25, -0.2) is 18.4 Å². The third-order valence-electron chi connectivity index (χ3n) is 6.06. The van der Waals surface area contributed by atoms with E-state index in [2.05, 4.69) is 20.0 Å². The van der Waals surface area contributed by atoms with Gasteiger partial charge < -0.3 is 5.11 Å². The Kier molecular flexibility index (Phi) is 5.87. The fourth-order valence-corrected chi connectivity index (χ4v) is 4.36. The highest BCUT2D eigenvalue weighted by Gasteiger charge is 2.43. The molecule has 1 aliphatic rings. The van der Waals surface area contributed by atoms with Gasteiger partial charge >= 0.3 is 0 Å². The molecule has 4 rings (SSSR count). The molecule has 1 saturated heterocycles. The summed E-state index contributed by atoms with van der Waals surface area (Å²) in [5.41, 5.74) is -0.564. The van der Waals surface area contributed by atoms with Crippen molar-refractivity contribution < 1.29 is 13.9 Å². The molecule has 1 unspecified atom stereocenters. The van der Waals surface area contributed by atoms with Crippen LogP contribution in [0, 0.1) is 11.6 Å². The molecule has 0 saturated carbocycles. The standard InChI is InChI=1S/C22H25F2N5O/c1-16(28-10-4-5-17(12-28)21-6-2-3-9-26-21)22(30,13-29-15-25-14-27-29)19-8-7-18(23)11-20(19)24/h2-3,6-9,11,14-17,30H,4-5,10,12-13H2,1H3/t16-,17?,22-/m1/s1. The molecule has 0 amide bonds. The van der Waals surface area contributed by atoms with Gasteiger partial charge in [-0.3, -0.25) is 9.88 Å². The highest BCUT2D eigenvalue weighted by atomic mass is 19.1. The summed E-state index contributed by atoms with van der Waals surface area (Å²) >= 11 is 0. The number of likely N-dealkylation sites (tertiary alicyclic amines) is 1. The van der Waals surface area contributed by atoms with Crippen LogP contribution in [0.1, 0.15) is 36.9 Å². The van der Waals surface area contributed by atoms with Crippen molar-refractivity contribution in [3.8, 4) is 0 Å².